The van der Waals surface area contributed by atoms with Gasteiger partial charge in [-0.15, -0.1) is 0 Å². The number of benzene rings is 1. The normalized spacial score (nSPS) is 11.4. The minimum Gasteiger partial charge on any atom is -0.365 e. The van der Waals surface area contributed by atoms with Crippen LogP contribution in [-0.4, -0.2) is 20.4 Å². The average Bonchev–Trinajstić information content (AvgIpc) is 2.78. The van der Waals surface area contributed by atoms with Gasteiger partial charge in [-0.1, -0.05) is 27.3 Å². The fourth-order valence-corrected chi connectivity index (χ4v) is 3.88. The number of anilines is 1. The molecule has 4 nitrogen and oxygen atoms in total. The van der Waals surface area contributed by atoms with Crippen LogP contribution in [0.3, 0.4) is 0 Å². The van der Waals surface area contributed by atoms with Crippen LogP contribution in [0, 0.1) is 0 Å². The van der Waals surface area contributed by atoms with Gasteiger partial charge in [0, 0.05) is 11.5 Å². The lowest BCUT2D eigenvalue weighted by molar-refractivity contribution is 0.598. The second-order valence-electron chi connectivity index (χ2n) is 3.19. The van der Waals surface area contributed by atoms with Crippen LogP contribution in [0.1, 0.15) is 0 Å². The predicted octanol–water partition coefficient (Wildman–Crippen LogP) is 2.78. The molecule has 17 heavy (non-hydrogen) atoms. The van der Waals surface area contributed by atoms with Gasteiger partial charge in [0.2, 0.25) is 9.84 Å². The summed E-state index contributed by atoms with van der Waals surface area (Å²) < 4.78 is 25.5. The topological polar surface area (TPSA) is 59.1 Å². The lowest BCUT2D eigenvalue weighted by Gasteiger charge is -2.00. The Kier molecular flexibility index (Phi) is 3.50. The molecular formula is C10H9BrN2O2S2. The molecule has 0 bridgehead atoms. The molecule has 0 aliphatic rings. The fraction of sp³-hybridized carbons (Fsp3) is 0.100. The summed E-state index contributed by atoms with van der Waals surface area (Å²) in [6.07, 6.45) is 1.37. The van der Waals surface area contributed by atoms with Crippen LogP contribution in [0.5, 0.6) is 0 Å². The number of hydrogen-bond acceptors (Lipinski definition) is 5. The standard InChI is InChI=1S/C10H9BrN2O2S2/c1-12-10-13-6-9(16-10)17(14,15)8-4-2-7(11)3-5-8/h2-6H,1H3,(H,12,13). The summed E-state index contributed by atoms with van der Waals surface area (Å²) in [6.45, 7) is 0. The Morgan fingerprint density at radius 2 is 1.94 bits per heavy atom. The smallest absolute Gasteiger partial charge is 0.217 e. The van der Waals surface area contributed by atoms with E-state index in [-0.39, 0.29) is 9.10 Å². The van der Waals surface area contributed by atoms with Crippen molar-refractivity contribution >= 4 is 42.2 Å². The molecule has 0 unspecified atom stereocenters. The van der Waals surface area contributed by atoms with Crippen LogP contribution in [0.25, 0.3) is 0 Å². The van der Waals surface area contributed by atoms with Crippen LogP contribution in [0.2, 0.25) is 0 Å². The Labute approximate surface area is 112 Å². The lowest BCUT2D eigenvalue weighted by Crippen LogP contribution is -1.98. The van der Waals surface area contributed by atoms with Crippen molar-refractivity contribution in [3.05, 3.63) is 34.9 Å². The first-order valence-electron chi connectivity index (χ1n) is 4.68. The zero-order valence-corrected chi connectivity index (χ0v) is 12.1. The number of nitrogens with zero attached hydrogens (tertiary/aromatic N) is 1. The predicted molar refractivity (Wildman–Crippen MR) is 71.3 cm³/mol. The quantitative estimate of drug-likeness (QED) is 0.938. The van der Waals surface area contributed by atoms with E-state index in [1.54, 1.807) is 31.3 Å². The molecule has 0 aliphatic carbocycles. The molecule has 0 saturated heterocycles. The molecule has 0 spiro atoms. The van der Waals surface area contributed by atoms with Crippen molar-refractivity contribution in [3.63, 3.8) is 0 Å². The monoisotopic (exact) mass is 332 g/mol. The largest absolute Gasteiger partial charge is 0.365 e. The number of nitrogens with one attached hydrogen (secondary N) is 1. The van der Waals surface area contributed by atoms with Crippen molar-refractivity contribution in [2.45, 2.75) is 9.10 Å². The van der Waals surface area contributed by atoms with Gasteiger partial charge >= 0.3 is 0 Å². The third-order valence-electron chi connectivity index (χ3n) is 2.09. The molecule has 1 heterocycles. The third-order valence-corrected chi connectivity index (χ3v) is 5.86. The van der Waals surface area contributed by atoms with E-state index in [1.165, 1.54) is 6.20 Å². The SMILES string of the molecule is CNc1ncc(S(=O)(=O)c2ccc(Br)cc2)s1. The molecule has 1 aromatic heterocycles. The van der Waals surface area contributed by atoms with Gasteiger partial charge in [-0.2, -0.15) is 0 Å². The minimum absolute atomic E-state index is 0.240. The Morgan fingerprint density at radius 1 is 1.29 bits per heavy atom. The summed E-state index contributed by atoms with van der Waals surface area (Å²) in [5.41, 5.74) is 0. The summed E-state index contributed by atoms with van der Waals surface area (Å²) >= 11 is 4.39. The lowest BCUT2D eigenvalue weighted by atomic mass is 10.4. The van der Waals surface area contributed by atoms with E-state index in [0.29, 0.717) is 5.13 Å². The van der Waals surface area contributed by atoms with E-state index in [1.807, 2.05) is 0 Å². The molecule has 2 aromatic rings. The molecule has 1 aromatic carbocycles. The number of halogens is 1. The highest BCUT2D eigenvalue weighted by atomic mass is 79.9. The number of rotatable bonds is 3. The van der Waals surface area contributed by atoms with E-state index in [4.69, 9.17) is 0 Å². The molecular weight excluding hydrogens is 324 g/mol. The Hall–Kier alpha value is -0.920. The first-order chi connectivity index (χ1) is 8.04. The number of sulfone groups is 1. The van der Waals surface area contributed by atoms with Gasteiger partial charge in [-0.3, -0.25) is 0 Å². The van der Waals surface area contributed by atoms with Crippen molar-refractivity contribution in [1.29, 1.82) is 0 Å². The van der Waals surface area contributed by atoms with Crippen molar-refractivity contribution < 1.29 is 8.42 Å². The summed E-state index contributed by atoms with van der Waals surface area (Å²) in [4.78, 5) is 4.23. The van der Waals surface area contributed by atoms with Crippen LogP contribution >= 0.6 is 27.3 Å². The molecule has 90 valence electrons. The Bertz CT molecular complexity index is 620. The highest BCUT2D eigenvalue weighted by molar-refractivity contribution is 9.10. The van der Waals surface area contributed by atoms with Crippen molar-refractivity contribution in [2.75, 3.05) is 12.4 Å². The van der Waals surface area contributed by atoms with E-state index in [9.17, 15) is 8.42 Å². The summed E-state index contributed by atoms with van der Waals surface area (Å²) in [5.74, 6) is 0. The molecule has 0 saturated carbocycles. The average molecular weight is 333 g/mol. The maximum absolute atomic E-state index is 12.2. The molecule has 2 rings (SSSR count). The van der Waals surface area contributed by atoms with Crippen LogP contribution < -0.4 is 5.32 Å². The van der Waals surface area contributed by atoms with Crippen molar-refractivity contribution in [1.82, 2.24) is 4.98 Å². The molecule has 1 N–H and O–H groups in total. The van der Waals surface area contributed by atoms with E-state index >= 15 is 0 Å². The van der Waals surface area contributed by atoms with Crippen LogP contribution in [0.4, 0.5) is 5.13 Å². The molecule has 7 heteroatoms. The second kappa shape index (κ2) is 4.75. The van der Waals surface area contributed by atoms with Gasteiger partial charge in [-0.25, -0.2) is 13.4 Å². The zero-order chi connectivity index (χ0) is 12.5. The second-order valence-corrected chi connectivity index (χ2v) is 7.31. The van der Waals surface area contributed by atoms with Crippen LogP contribution in [-0.2, 0) is 9.84 Å². The number of hydrogen-bond donors (Lipinski definition) is 1. The molecule has 0 radical (unpaired) electrons. The maximum atomic E-state index is 12.2. The van der Waals surface area contributed by atoms with E-state index < -0.39 is 9.84 Å². The summed E-state index contributed by atoms with van der Waals surface area (Å²) in [6, 6.07) is 6.54. The van der Waals surface area contributed by atoms with Gasteiger partial charge < -0.3 is 5.32 Å². The van der Waals surface area contributed by atoms with Gasteiger partial charge in [-0.05, 0) is 24.3 Å². The fourth-order valence-electron chi connectivity index (χ4n) is 1.23. The first-order valence-corrected chi connectivity index (χ1v) is 7.77. The molecule has 0 atom stereocenters. The van der Waals surface area contributed by atoms with Gasteiger partial charge in [0.1, 0.15) is 4.21 Å². The highest BCUT2D eigenvalue weighted by Gasteiger charge is 2.20. The Balaban J connectivity index is 2.46. The summed E-state index contributed by atoms with van der Waals surface area (Å²) in [7, 11) is -1.75. The van der Waals surface area contributed by atoms with E-state index in [0.717, 1.165) is 15.8 Å². The first kappa shape index (κ1) is 12.5. The summed E-state index contributed by atoms with van der Waals surface area (Å²) in [5, 5.41) is 3.40. The molecule has 0 aliphatic heterocycles. The van der Waals surface area contributed by atoms with Crippen molar-refractivity contribution in [3.8, 4) is 0 Å². The highest BCUT2D eigenvalue weighted by Crippen LogP contribution is 2.28. The van der Waals surface area contributed by atoms with Gasteiger partial charge in [0.15, 0.2) is 5.13 Å². The zero-order valence-electron chi connectivity index (χ0n) is 8.84. The third kappa shape index (κ3) is 2.51. The van der Waals surface area contributed by atoms with Gasteiger partial charge in [0.05, 0.1) is 11.1 Å². The van der Waals surface area contributed by atoms with Crippen molar-refractivity contribution in [2.24, 2.45) is 0 Å². The van der Waals surface area contributed by atoms with Crippen LogP contribution in [0.15, 0.2) is 44.0 Å². The van der Waals surface area contributed by atoms with Gasteiger partial charge in [0.25, 0.3) is 0 Å². The Morgan fingerprint density at radius 3 is 2.47 bits per heavy atom. The molecule has 0 amide bonds. The minimum atomic E-state index is -3.45. The molecule has 0 fully saturated rings. The maximum Gasteiger partial charge on any atom is 0.217 e. The number of aromatic nitrogens is 1. The number of thiazole rings is 1. The van der Waals surface area contributed by atoms with E-state index in [2.05, 4.69) is 26.2 Å².